The van der Waals surface area contributed by atoms with Crippen LogP contribution in [-0.4, -0.2) is 22.2 Å². The molecule has 0 aliphatic rings. The summed E-state index contributed by atoms with van der Waals surface area (Å²) in [6.07, 6.45) is 0. The van der Waals surface area contributed by atoms with Gasteiger partial charge in [0.25, 0.3) is 5.56 Å². The standard InChI is InChI=1S/C19H17N3O4/c1-26-18(24)14-8-5-9-15(10-14)22-16(20)11-17(23)21(19(22)25)12-13-6-3-2-4-7-13/h2-11H,12,20H2,1H3. The Kier molecular flexibility index (Phi) is 4.70. The number of ether oxygens (including phenoxy) is 1. The molecule has 1 aromatic heterocycles. The van der Waals surface area contributed by atoms with Gasteiger partial charge in [-0.25, -0.2) is 14.2 Å². The summed E-state index contributed by atoms with van der Waals surface area (Å²) in [6.45, 7) is 0.121. The van der Waals surface area contributed by atoms with Crippen LogP contribution in [-0.2, 0) is 11.3 Å². The number of anilines is 1. The van der Waals surface area contributed by atoms with E-state index >= 15 is 0 Å². The van der Waals surface area contributed by atoms with Crippen molar-refractivity contribution in [3.8, 4) is 5.69 Å². The highest BCUT2D eigenvalue weighted by Crippen LogP contribution is 2.13. The SMILES string of the molecule is COC(=O)c1cccc(-n2c(N)cc(=O)n(Cc3ccccc3)c2=O)c1. The zero-order valence-corrected chi connectivity index (χ0v) is 14.1. The quantitative estimate of drug-likeness (QED) is 0.717. The largest absolute Gasteiger partial charge is 0.465 e. The van der Waals surface area contributed by atoms with Gasteiger partial charge in [0.05, 0.1) is 24.9 Å². The number of hydrogen-bond acceptors (Lipinski definition) is 5. The highest BCUT2D eigenvalue weighted by Gasteiger charge is 2.13. The molecule has 0 aliphatic carbocycles. The van der Waals surface area contributed by atoms with Crippen LogP contribution in [0.1, 0.15) is 15.9 Å². The number of methoxy groups -OCH3 is 1. The molecule has 0 spiro atoms. The number of hydrogen-bond donors (Lipinski definition) is 1. The van der Waals surface area contributed by atoms with Crippen molar-refractivity contribution in [1.29, 1.82) is 0 Å². The second-order valence-electron chi connectivity index (χ2n) is 5.64. The van der Waals surface area contributed by atoms with Crippen LogP contribution in [0.5, 0.6) is 0 Å². The average molecular weight is 351 g/mol. The van der Waals surface area contributed by atoms with Crippen molar-refractivity contribution in [2.75, 3.05) is 12.8 Å². The Morgan fingerprint density at radius 1 is 1.04 bits per heavy atom. The second kappa shape index (κ2) is 7.10. The van der Waals surface area contributed by atoms with Gasteiger partial charge in [-0.15, -0.1) is 0 Å². The number of nitrogens with two attached hydrogens (primary N) is 1. The summed E-state index contributed by atoms with van der Waals surface area (Å²) >= 11 is 0. The normalized spacial score (nSPS) is 10.5. The van der Waals surface area contributed by atoms with Crippen molar-refractivity contribution in [1.82, 2.24) is 9.13 Å². The average Bonchev–Trinajstić information content (AvgIpc) is 2.65. The molecule has 0 saturated carbocycles. The van der Waals surface area contributed by atoms with Gasteiger partial charge < -0.3 is 10.5 Å². The Morgan fingerprint density at radius 2 is 1.77 bits per heavy atom. The molecule has 1 heterocycles. The lowest BCUT2D eigenvalue weighted by Gasteiger charge is -2.13. The molecule has 2 aromatic carbocycles. The first kappa shape index (κ1) is 17.2. The van der Waals surface area contributed by atoms with Crippen LogP contribution in [0.25, 0.3) is 5.69 Å². The molecule has 2 N–H and O–H groups in total. The van der Waals surface area contributed by atoms with Crippen LogP contribution in [0.4, 0.5) is 5.82 Å². The van der Waals surface area contributed by atoms with E-state index in [0.29, 0.717) is 5.69 Å². The Bertz CT molecular complexity index is 1070. The van der Waals surface area contributed by atoms with Gasteiger partial charge in [0.15, 0.2) is 0 Å². The fourth-order valence-corrected chi connectivity index (χ4v) is 2.66. The number of aromatic nitrogens is 2. The van der Waals surface area contributed by atoms with E-state index in [1.54, 1.807) is 18.2 Å². The first-order valence-electron chi connectivity index (χ1n) is 7.86. The fourth-order valence-electron chi connectivity index (χ4n) is 2.66. The van der Waals surface area contributed by atoms with Crippen molar-refractivity contribution in [2.45, 2.75) is 6.54 Å². The lowest BCUT2D eigenvalue weighted by atomic mass is 10.2. The van der Waals surface area contributed by atoms with Crippen molar-refractivity contribution in [3.63, 3.8) is 0 Å². The van der Waals surface area contributed by atoms with E-state index in [4.69, 9.17) is 10.5 Å². The molecule has 0 bridgehead atoms. The van der Waals surface area contributed by atoms with E-state index in [2.05, 4.69) is 0 Å². The molecule has 7 nitrogen and oxygen atoms in total. The number of esters is 1. The van der Waals surface area contributed by atoms with E-state index in [1.807, 2.05) is 30.3 Å². The number of nitrogens with zero attached hydrogens (tertiary/aromatic N) is 2. The van der Waals surface area contributed by atoms with Crippen LogP contribution in [0.2, 0.25) is 0 Å². The van der Waals surface area contributed by atoms with Crippen LogP contribution < -0.4 is 17.0 Å². The zero-order valence-electron chi connectivity index (χ0n) is 14.1. The van der Waals surface area contributed by atoms with Crippen LogP contribution in [0, 0.1) is 0 Å². The van der Waals surface area contributed by atoms with Crippen molar-refractivity contribution >= 4 is 11.8 Å². The molecule has 3 aromatic rings. The minimum atomic E-state index is -0.583. The minimum absolute atomic E-state index is 0.00803. The number of carbonyl (C=O) groups excluding carboxylic acids is 1. The monoisotopic (exact) mass is 351 g/mol. The van der Waals surface area contributed by atoms with Crippen molar-refractivity contribution in [3.05, 3.63) is 92.6 Å². The van der Waals surface area contributed by atoms with Crippen molar-refractivity contribution < 1.29 is 9.53 Å². The summed E-state index contributed by atoms with van der Waals surface area (Å²) in [5.74, 6) is -0.539. The van der Waals surface area contributed by atoms with Crippen LogP contribution in [0.3, 0.4) is 0 Å². The molecule has 0 amide bonds. The van der Waals surface area contributed by atoms with Crippen LogP contribution >= 0.6 is 0 Å². The molecule has 0 atom stereocenters. The van der Waals surface area contributed by atoms with Gasteiger partial charge in [0.1, 0.15) is 5.82 Å². The number of nitrogen functional groups attached to an aromatic ring is 1. The van der Waals surface area contributed by atoms with Gasteiger partial charge in [0.2, 0.25) is 0 Å². The molecule has 0 fully saturated rings. The van der Waals surface area contributed by atoms with Gasteiger partial charge in [0, 0.05) is 6.07 Å². The minimum Gasteiger partial charge on any atom is -0.465 e. The molecular weight excluding hydrogens is 334 g/mol. The third-order valence-electron chi connectivity index (χ3n) is 3.93. The number of rotatable bonds is 4. The van der Waals surface area contributed by atoms with Gasteiger partial charge in [-0.1, -0.05) is 36.4 Å². The number of carbonyl (C=O) groups is 1. The zero-order chi connectivity index (χ0) is 18.7. The summed E-state index contributed by atoms with van der Waals surface area (Å²) in [5.41, 5.74) is 6.30. The Hall–Kier alpha value is -3.61. The molecular formula is C19H17N3O4. The van der Waals surface area contributed by atoms with Gasteiger partial charge in [-0.2, -0.15) is 0 Å². The van der Waals surface area contributed by atoms with E-state index in [0.717, 1.165) is 10.1 Å². The third-order valence-corrected chi connectivity index (χ3v) is 3.93. The molecule has 0 radical (unpaired) electrons. The summed E-state index contributed by atoms with van der Waals surface area (Å²) in [4.78, 5) is 36.9. The summed E-state index contributed by atoms with van der Waals surface area (Å²) in [7, 11) is 1.27. The van der Waals surface area contributed by atoms with E-state index in [9.17, 15) is 14.4 Å². The Labute approximate surface area is 148 Å². The first-order chi connectivity index (χ1) is 12.5. The van der Waals surface area contributed by atoms with Gasteiger partial charge in [-0.05, 0) is 23.8 Å². The van der Waals surface area contributed by atoms with E-state index in [1.165, 1.54) is 23.8 Å². The van der Waals surface area contributed by atoms with E-state index < -0.39 is 17.2 Å². The van der Waals surface area contributed by atoms with Crippen molar-refractivity contribution in [2.24, 2.45) is 0 Å². The molecule has 132 valence electrons. The predicted molar refractivity (Wildman–Crippen MR) is 97.6 cm³/mol. The smallest absolute Gasteiger partial charge is 0.337 e. The maximum atomic E-state index is 12.9. The lowest BCUT2D eigenvalue weighted by Crippen LogP contribution is -2.40. The molecule has 0 unspecified atom stereocenters. The Balaban J connectivity index is 2.14. The molecule has 7 heteroatoms. The summed E-state index contributed by atoms with van der Waals surface area (Å²) < 4.78 is 6.98. The summed E-state index contributed by atoms with van der Waals surface area (Å²) in [6, 6.07) is 16.6. The third kappa shape index (κ3) is 3.27. The van der Waals surface area contributed by atoms with Gasteiger partial charge >= 0.3 is 11.7 Å². The van der Waals surface area contributed by atoms with Crippen LogP contribution in [0.15, 0.2) is 70.3 Å². The number of benzene rings is 2. The topological polar surface area (TPSA) is 96.3 Å². The highest BCUT2D eigenvalue weighted by molar-refractivity contribution is 5.89. The molecule has 3 rings (SSSR count). The molecule has 26 heavy (non-hydrogen) atoms. The lowest BCUT2D eigenvalue weighted by molar-refractivity contribution is 0.0600. The molecule has 0 saturated heterocycles. The first-order valence-corrected chi connectivity index (χ1v) is 7.86. The fraction of sp³-hybridized carbons (Fsp3) is 0.105. The Morgan fingerprint density at radius 3 is 2.46 bits per heavy atom. The summed E-state index contributed by atoms with van der Waals surface area (Å²) in [5, 5.41) is 0. The molecule has 0 aliphatic heterocycles. The van der Waals surface area contributed by atoms with E-state index in [-0.39, 0.29) is 17.9 Å². The maximum Gasteiger partial charge on any atom is 0.337 e. The van der Waals surface area contributed by atoms with Gasteiger partial charge in [-0.3, -0.25) is 9.36 Å². The maximum absolute atomic E-state index is 12.9. The highest BCUT2D eigenvalue weighted by atomic mass is 16.5. The predicted octanol–water partition coefficient (Wildman–Crippen LogP) is 1.42. The second-order valence-corrected chi connectivity index (χ2v) is 5.64.